The summed E-state index contributed by atoms with van der Waals surface area (Å²) in [6.07, 6.45) is 6.57. The average molecular weight is 275 g/mol. The lowest BCUT2D eigenvalue weighted by molar-refractivity contribution is -0.124. The summed E-state index contributed by atoms with van der Waals surface area (Å²) >= 11 is 0. The molecule has 1 aromatic rings. The molecule has 0 unspecified atom stereocenters. The normalized spacial score (nSPS) is 22.9. The molecule has 1 amide bonds. The van der Waals surface area contributed by atoms with Gasteiger partial charge in [-0.3, -0.25) is 4.79 Å². The van der Waals surface area contributed by atoms with Gasteiger partial charge in [-0.2, -0.15) is 0 Å². The number of nitrogens with one attached hydrogen (secondary N) is 1. The Hall–Kier alpha value is -1.55. The Morgan fingerprint density at radius 1 is 1.20 bits per heavy atom. The molecule has 0 radical (unpaired) electrons. The minimum absolute atomic E-state index is 0.0551. The van der Waals surface area contributed by atoms with Gasteiger partial charge >= 0.3 is 0 Å². The van der Waals surface area contributed by atoms with Crippen LogP contribution in [0, 0.1) is 0 Å². The van der Waals surface area contributed by atoms with Gasteiger partial charge in [-0.05, 0) is 50.7 Å². The molecule has 1 saturated carbocycles. The first-order valence-electron chi connectivity index (χ1n) is 7.50. The van der Waals surface area contributed by atoms with E-state index in [-0.39, 0.29) is 12.0 Å². The third-order valence-electron chi connectivity index (χ3n) is 3.93. The summed E-state index contributed by atoms with van der Waals surface area (Å²) in [4.78, 5) is 12.0. The van der Waals surface area contributed by atoms with Crippen LogP contribution >= 0.6 is 0 Å². The van der Waals surface area contributed by atoms with E-state index < -0.39 is 0 Å². The molecule has 4 nitrogen and oxygen atoms in total. The first-order valence-corrected chi connectivity index (χ1v) is 7.50. The highest BCUT2D eigenvalue weighted by Crippen LogP contribution is 2.26. The van der Waals surface area contributed by atoms with Crippen molar-refractivity contribution in [2.24, 2.45) is 0 Å². The third kappa shape index (κ3) is 3.31. The molecule has 0 spiro atoms. The monoisotopic (exact) mass is 275 g/mol. The SMILES string of the molecule is O=C(Nc1cccc(OC2CCCC2)c1)[C@H]1CCCO1. The number of carbonyl (C=O) groups is 1. The number of carbonyl (C=O) groups excluding carboxylic acids is 1. The fourth-order valence-corrected chi connectivity index (χ4v) is 2.85. The molecule has 1 atom stereocenters. The number of hydrogen-bond acceptors (Lipinski definition) is 3. The van der Waals surface area contributed by atoms with Gasteiger partial charge in [-0.15, -0.1) is 0 Å². The molecule has 0 aromatic heterocycles. The molecular weight excluding hydrogens is 254 g/mol. The highest BCUT2D eigenvalue weighted by molar-refractivity contribution is 5.94. The molecule has 0 bridgehead atoms. The summed E-state index contributed by atoms with van der Waals surface area (Å²) < 4.78 is 11.3. The van der Waals surface area contributed by atoms with Crippen LogP contribution in [-0.4, -0.2) is 24.7 Å². The predicted molar refractivity (Wildman–Crippen MR) is 76.9 cm³/mol. The number of ether oxygens (including phenoxy) is 2. The molecule has 1 saturated heterocycles. The third-order valence-corrected chi connectivity index (χ3v) is 3.93. The van der Waals surface area contributed by atoms with Gasteiger partial charge in [0.1, 0.15) is 11.9 Å². The Morgan fingerprint density at radius 2 is 2.05 bits per heavy atom. The Morgan fingerprint density at radius 3 is 2.80 bits per heavy atom. The molecule has 3 rings (SSSR count). The van der Waals surface area contributed by atoms with Crippen LogP contribution in [0.25, 0.3) is 0 Å². The average Bonchev–Trinajstić information content (AvgIpc) is 3.12. The van der Waals surface area contributed by atoms with Crippen molar-refractivity contribution in [1.82, 2.24) is 0 Å². The number of amides is 1. The first-order chi connectivity index (χ1) is 9.81. The van der Waals surface area contributed by atoms with E-state index in [4.69, 9.17) is 9.47 Å². The van der Waals surface area contributed by atoms with E-state index in [9.17, 15) is 4.79 Å². The molecule has 4 heteroatoms. The van der Waals surface area contributed by atoms with Crippen LogP contribution in [-0.2, 0) is 9.53 Å². The quantitative estimate of drug-likeness (QED) is 0.918. The van der Waals surface area contributed by atoms with Gasteiger partial charge in [0.25, 0.3) is 5.91 Å². The molecule has 2 fully saturated rings. The second kappa shape index (κ2) is 6.27. The number of anilines is 1. The lowest BCUT2D eigenvalue weighted by Gasteiger charge is -2.15. The van der Waals surface area contributed by atoms with Gasteiger partial charge in [-0.25, -0.2) is 0 Å². The van der Waals surface area contributed by atoms with Crippen LogP contribution in [0.5, 0.6) is 5.75 Å². The van der Waals surface area contributed by atoms with E-state index in [2.05, 4.69) is 5.32 Å². The van der Waals surface area contributed by atoms with Gasteiger partial charge in [0.2, 0.25) is 0 Å². The maximum atomic E-state index is 12.0. The highest BCUT2D eigenvalue weighted by Gasteiger charge is 2.23. The molecule has 1 N–H and O–H groups in total. The zero-order chi connectivity index (χ0) is 13.8. The Balaban J connectivity index is 1.59. The first kappa shape index (κ1) is 13.4. The molecule has 1 aromatic carbocycles. The number of benzene rings is 1. The standard InChI is InChI=1S/C16H21NO3/c18-16(15-9-4-10-19-15)17-12-5-3-8-14(11-12)20-13-6-1-2-7-13/h3,5,8,11,13,15H,1-2,4,6-7,9-10H2,(H,17,18)/t15-/m1/s1. The summed E-state index contributed by atoms with van der Waals surface area (Å²) in [7, 11) is 0. The van der Waals surface area contributed by atoms with Crippen molar-refractivity contribution in [1.29, 1.82) is 0 Å². The van der Waals surface area contributed by atoms with Gasteiger partial charge in [0, 0.05) is 18.4 Å². The van der Waals surface area contributed by atoms with E-state index in [1.807, 2.05) is 24.3 Å². The molecule has 2 aliphatic rings. The van der Waals surface area contributed by atoms with E-state index in [0.29, 0.717) is 12.7 Å². The minimum Gasteiger partial charge on any atom is -0.490 e. The van der Waals surface area contributed by atoms with Crippen molar-refractivity contribution < 1.29 is 14.3 Å². The molecule has 1 heterocycles. The Labute approximate surface area is 119 Å². The highest BCUT2D eigenvalue weighted by atomic mass is 16.5. The van der Waals surface area contributed by atoms with E-state index in [1.54, 1.807) is 0 Å². The minimum atomic E-state index is -0.297. The maximum Gasteiger partial charge on any atom is 0.253 e. The maximum absolute atomic E-state index is 12.0. The number of rotatable bonds is 4. The number of hydrogen-bond donors (Lipinski definition) is 1. The van der Waals surface area contributed by atoms with Gasteiger partial charge in [-0.1, -0.05) is 6.07 Å². The van der Waals surface area contributed by atoms with Crippen LogP contribution in [0.1, 0.15) is 38.5 Å². The fraction of sp³-hybridized carbons (Fsp3) is 0.562. The molecule has 20 heavy (non-hydrogen) atoms. The van der Waals surface area contributed by atoms with Crippen LogP contribution < -0.4 is 10.1 Å². The predicted octanol–water partition coefficient (Wildman–Crippen LogP) is 3.13. The van der Waals surface area contributed by atoms with Crippen molar-refractivity contribution in [3.8, 4) is 5.75 Å². The molecule has 108 valence electrons. The van der Waals surface area contributed by atoms with E-state index in [0.717, 1.165) is 37.1 Å². The second-order valence-electron chi connectivity index (χ2n) is 5.54. The second-order valence-corrected chi connectivity index (χ2v) is 5.54. The van der Waals surface area contributed by atoms with Gasteiger partial charge in [0.15, 0.2) is 0 Å². The molecule has 1 aliphatic heterocycles. The lowest BCUT2D eigenvalue weighted by Crippen LogP contribution is -2.26. The van der Waals surface area contributed by atoms with Crippen molar-refractivity contribution >= 4 is 11.6 Å². The van der Waals surface area contributed by atoms with Crippen molar-refractivity contribution in [3.05, 3.63) is 24.3 Å². The largest absolute Gasteiger partial charge is 0.490 e. The summed E-state index contributed by atoms with van der Waals surface area (Å²) in [6, 6.07) is 7.63. The van der Waals surface area contributed by atoms with E-state index in [1.165, 1.54) is 12.8 Å². The van der Waals surface area contributed by atoms with Crippen molar-refractivity contribution in [2.75, 3.05) is 11.9 Å². The van der Waals surface area contributed by atoms with Crippen LogP contribution in [0.2, 0.25) is 0 Å². The topological polar surface area (TPSA) is 47.6 Å². The van der Waals surface area contributed by atoms with Crippen LogP contribution in [0.4, 0.5) is 5.69 Å². The molecule has 1 aliphatic carbocycles. The Bertz CT molecular complexity index is 463. The smallest absolute Gasteiger partial charge is 0.253 e. The van der Waals surface area contributed by atoms with Gasteiger partial charge in [0.05, 0.1) is 6.10 Å². The zero-order valence-electron chi connectivity index (χ0n) is 11.6. The van der Waals surface area contributed by atoms with Crippen molar-refractivity contribution in [2.45, 2.75) is 50.7 Å². The van der Waals surface area contributed by atoms with E-state index >= 15 is 0 Å². The van der Waals surface area contributed by atoms with Crippen LogP contribution in [0.3, 0.4) is 0 Å². The summed E-state index contributed by atoms with van der Waals surface area (Å²) in [5, 5.41) is 2.91. The Kier molecular flexibility index (Phi) is 4.21. The summed E-state index contributed by atoms with van der Waals surface area (Å²) in [5.41, 5.74) is 0.779. The van der Waals surface area contributed by atoms with Crippen molar-refractivity contribution in [3.63, 3.8) is 0 Å². The summed E-state index contributed by atoms with van der Waals surface area (Å²) in [5.74, 6) is 0.780. The van der Waals surface area contributed by atoms with Crippen LogP contribution in [0.15, 0.2) is 24.3 Å². The van der Waals surface area contributed by atoms with Gasteiger partial charge < -0.3 is 14.8 Å². The molecular formula is C16H21NO3. The fourth-order valence-electron chi connectivity index (χ4n) is 2.85. The lowest BCUT2D eigenvalue weighted by atomic mass is 10.2. The zero-order valence-corrected chi connectivity index (χ0v) is 11.6. The summed E-state index contributed by atoms with van der Waals surface area (Å²) in [6.45, 7) is 0.683.